The van der Waals surface area contributed by atoms with Crippen molar-refractivity contribution in [2.24, 2.45) is 11.3 Å². The number of alkyl halides is 1. The van der Waals surface area contributed by atoms with E-state index in [0.29, 0.717) is 17.4 Å². The molecule has 0 spiro atoms. The Bertz CT molecular complexity index is 127. The third-order valence-corrected chi connectivity index (χ3v) is 2.70. The molecule has 0 aliphatic carbocycles. The van der Waals surface area contributed by atoms with E-state index in [4.69, 9.17) is 16.3 Å². The minimum atomic E-state index is 0.294. The summed E-state index contributed by atoms with van der Waals surface area (Å²) in [4.78, 5) is 0. The zero-order valence-electron chi connectivity index (χ0n) is 9.56. The minimum absolute atomic E-state index is 0.294. The van der Waals surface area contributed by atoms with Crippen molar-refractivity contribution in [1.29, 1.82) is 0 Å². The maximum Gasteiger partial charge on any atom is 0.0518 e. The summed E-state index contributed by atoms with van der Waals surface area (Å²) >= 11 is 5.91. The molecule has 0 radical (unpaired) electrons. The zero-order valence-corrected chi connectivity index (χ0v) is 10.3. The molecule has 0 bridgehead atoms. The maximum absolute atomic E-state index is 5.91. The quantitative estimate of drug-likeness (QED) is 0.624. The van der Waals surface area contributed by atoms with Crippen LogP contribution in [0.1, 0.15) is 41.0 Å². The highest BCUT2D eigenvalue weighted by Crippen LogP contribution is 2.29. The summed E-state index contributed by atoms with van der Waals surface area (Å²) in [5, 5.41) is 0. The van der Waals surface area contributed by atoms with E-state index in [9.17, 15) is 0 Å². The molecule has 0 aromatic carbocycles. The first-order chi connectivity index (χ1) is 5.88. The molecule has 13 heavy (non-hydrogen) atoms. The predicted octanol–water partition coefficient (Wildman–Crippen LogP) is 3.70. The molecule has 0 N–H and O–H groups in total. The van der Waals surface area contributed by atoms with E-state index in [-0.39, 0.29) is 0 Å². The van der Waals surface area contributed by atoms with Gasteiger partial charge in [-0.1, -0.05) is 20.8 Å². The molecule has 1 unspecified atom stereocenters. The second kappa shape index (κ2) is 5.87. The van der Waals surface area contributed by atoms with Gasteiger partial charge in [0.15, 0.2) is 0 Å². The molecule has 2 heteroatoms. The van der Waals surface area contributed by atoms with Crippen LogP contribution < -0.4 is 0 Å². The summed E-state index contributed by atoms with van der Waals surface area (Å²) in [7, 11) is 0. The smallest absolute Gasteiger partial charge is 0.0518 e. The summed E-state index contributed by atoms with van der Waals surface area (Å²) in [6, 6.07) is 0. The number of hydrogen-bond acceptors (Lipinski definition) is 1. The lowest BCUT2D eigenvalue weighted by atomic mass is 9.80. The largest absolute Gasteiger partial charge is 0.379 e. The Labute approximate surface area is 87.8 Å². The standard InChI is InChI=1S/C11H23ClO/c1-9(2)13-7-6-10(8-12)11(3,4)5/h9-10H,6-8H2,1-5H3. The molecule has 0 aromatic rings. The van der Waals surface area contributed by atoms with E-state index >= 15 is 0 Å². The van der Waals surface area contributed by atoms with Crippen molar-refractivity contribution in [1.82, 2.24) is 0 Å². The van der Waals surface area contributed by atoms with Gasteiger partial charge in [0.2, 0.25) is 0 Å². The molecule has 0 fully saturated rings. The van der Waals surface area contributed by atoms with Gasteiger partial charge in [-0.2, -0.15) is 0 Å². The molecule has 1 nitrogen and oxygen atoms in total. The Kier molecular flexibility index (Phi) is 5.98. The van der Waals surface area contributed by atoms with Gasteiger partial charge in [-0.05, 0) is 31.6 Å². The Balaban J connectivity index is 3.73. The van der Waals surface area contributed by atoms with Crippen molar-refractivity contribution in [2.45, 2.75) is 47.1 Å². The second-order valence-corrected chi connectivity index (χ2v) is 5.23. The van der Waals surface area contributed by atoms with Gasteiger partial charge in [0, 0.05) is 12.5 Å². The number of ether oxygens (including phenoxy) is 1. The van der Waals surface area contributed by atoms with Crippen LogP contribution in [-0.2, 0) is 4.74 Å². The van der Waals surface area contributed by atoms with Gasteiger partial charge in [0.05, 0.1) is 6.10 Å². The summed E-state index contributed by atoms with van der Waals surface area (Å²) in [6.07, 6.45) is 1.39. The highest BCUT2D eigenvalue weighted by Gasteiger charge is 2.23. The summed E-state index contributed by atoms with van der Waals surface area (Å²) in [5.74, 6) is 1.28. The average molecular weight is 207 g/mol. The van der Waals surface area contributed by atoms with Gasteiger partial charge in [-0.3, -0.25) is 0 Å². The van der Waals surface area contributed by atoms with Crippen molar-refractivity contribution in [3.8, 4) is 0 Å². The van der Waals surface area contributed by atoms with Crippen LogP contribution in [0.25, 0.3) is 0 Å². The van der Waals surface area contributed by atoms with Crippen LogP contribution in [0.3, 0.4) is 0 Å². The fourth-order valence-corrected chi connectivity index (χ4v) is 1.80. The van der Waals surface area contributed by atoms with Crippen LogP contribution in [0.2, 0.25) is 0 Å². The molecule has 0 aliphatic rings. The minimum Gasteiger partial charge on any atom is -0.379 e. The van der Waals surface area contributed by atoms with E-state index in [2.05, 4.69) is 34.6 Å². The Morgan fingerprint density at radius 1 is 1.23 bits per heavy atom. The van der Waals surface area contributed by atoms with Crippen molar-refractivity contribution in [3.05, 3.63) is 0 Å². The molecular formula is C11H23ClO. The van der Waals surface area contributed by atoms with Crippen LogP contribution >= 0.6 is 11.6 Å². The molecular weight excluding hydrogens is 184 g/mol. The first-order valence-electron chi connectivity index (χ1n) is 5.05. The first-order valence-corrected chi connectivity index (χ1v) is 5.59. The molecule has 0 amide bonds. The van der Waals surface area contributed by atoms with E-state index in [0.717, 1.165) is 18.9 Å². The van der Waals surface area contributed by atoms with E-state index in [1.54, 1.807) is 0 Å². The summed E-state index contributed by atoms with van der Waals surface area (Å²) < 4.78 is 5.51. The molecule has 80 valence electrons. The number of rotatable bonds is 5. The van der Waals surface area contributed by atoms with Crippen LogP contribution in [0.15, 0.2) is 0 Å². The molecule has 0 aromatic heterocycles. The predicted molar refractivity (Wildman–Crippen MR) is 59.4 cm³/mol. The monoisotopic (exact) mass is 206 g/mol. The van der Waals surface area contributed by atoms with Crippen LogP contribution in [-0.4, -0.2) is 18.6 Å². The van der Waals surface area contributed by atoms with Crippen molar-refractivity contribution >= 4 is 11.6 Å². The third kappa shape index (κ3) is 6.34. The number of halogens is 1. The fourth-order valence-electron chi connectivity index (χ4n) is 1.19. The lowest BCUT2D eigenvalue weighted by molar-refractivity contribution is 0.0585. The summed E-state index contributed by atoms with van der Waals surface area (Å²) in [5.41, 5.74) is 0.294. The Hall–Kier alpha value is 0.250. The van der Waals surface area contributed by atoms with Gasteiger partial charge in [0.25, 0.3) is 0 Å². The topological polar surface area (TPSA) is 9.23 Å². The van der Waals surface area contributed by atoms with Gasteiger partial charge >= 0.3 is 0 Å². The molecule has 0 saturated carbocycles. The molecule has 0 saturated heterocycles. The van der Waals surface area contributed by atoms with E-state index in [1.165, 1.54) is 0 Å². The highest BCUT2D eigenvalue weighted by atomic mass is 35.5. The SMILES string of the molecule is CC(C)OCCC(CCl)C(C)(C)C. The van der Waals surface area contributed by atoms with Gasteiger partial charge in [-0.15, -0.1) is 11.6 Å². The Morgan fingerprint density at radius 3 is 2.08 bits per heavy atom. The molecule has 0 rings (SSSR count). The van der Waals surface area contributed by atoms with Crippen LogP contribution in [0.5, 0.6) is 0 Å². The van der Waals surface area contributed by atoms with Gasteiger partial charge < -0.3 is 4.74 Å². The lowest BCUT2D eigenvalue weighted by Gasteiger charge is -2.29. The lowest BCUT2D eigenvalue weighted by Crippen LogP contribution is -2.24. The maximum atomic E-state index is 5.91. The van der Waals surface area contributed by atoms with Gasteiger partial charge in [-0.25, -0.2) is 0 Å². The van der Waals surface area contributed by atoms with Crippen LogP contribution in [0.4, 0.5) is 0 Å². The number of hydrogen-bond donors (Lipinski definition) is 0. The second-order valence-electron chi connectivity index (χ2n) is 4.93. The molecule has 0 heterocycles. The zero-order chi connectivity index (χ0) is 10.5. The third-order valence-electron chi connectivity index (χ3n) is 2.33. The van der Waals surface area contributed by atoms with Crippen molar-refractivity contribution < 1.29 is 4.74 Å². The Morgan fingerprint density at radius 2 is 1.77 bits per heavy atom. The van der Waals surface area contributed by atoms with Crippen LogP contribution in [0, 0.1) is 11.3 Å². The molecule has 0 aliphatic heterocycles. The van der Waals surface area contributed by atoms with Crippen molar-refractivity contribution in [3.63, 3.8) is 0 Å². The van der Waals surface area contributed by atoms with E-state index < -0.39 is 0 Å². The van der Waals surface area contributed by atoms with Gasteiger partial charge in [0.1, 0.15) is 0 Å². The molecule has 1 atom stereocenters. The fraction of sp³-hybridized carbons (Fsp3) is 1.00. The average Bonchev–Trinajstić information content (AvgIpc) is 1.95. The normalized spacial score (nSPS) is 15.0. The first kappa shape index (κ1) is 13.2. The summed E-state index contributed by atoms with van der Waals surface area (Å²) in [6.45, 7) is 11.6. The van der Waals surface area contributed by atoms with E-state index in [1.807, 2.05) is 0 Å². The highest BCUT2D eigenvalue weighted by molar-refractivity contribution is 6.18. The van der Waals surface area contributed by atoms with Crippen molar-refractivity contribution in [2.75, 3.05) is 12.5 Å².